The van der Waals surface area contributed by atoms with E-state index < -0.39 is 34.0 Å². The van der Waals surface area contributed by atoms with Gasteiger partial charge in [0.25, 0.3) is 0 Å². The summed E-state index contributed by atoms with van der Waals surface area (Å²) in [4.78, 5) is 31.5. The van der Waals surface area contributed by atoms with Gasteiger partial charge in [-0.25, -0.2) is 13.2 Å². The number of rotatable bonds is 11. The van der Waals surface area contributed by atoms with Gasteiger partial charge in [0, 0.05) is 13.1 Å². The molecular weight excluding hydrogens is 498 g/mol. The Bertz CT molecular complexity index is 1250. The predicted molar refractivity (Wildman–Crippen MR) is 141 cm³/mol. The van der Waals surface area contributed by atoms with E-state index in [1.807, 2.05) is 0 Å². The average Bonchev–Trinajstić information content (AvgIpc) is 2.89. The molecule has 12 heteroatoms. The fourth-order valence-electron chi connectivity index (χ4n) is 4.37. The van der Waals surface area contributed by atoms with Crippen LogP contribution in [0, 0.1) is 0 Å². The summed E-state index contributed by atoms with van der Waals surface area (Å²) >= 11 is 0. The summed E-state index contributed by atoms with van der Waals surface area (Å²) < 4.78 is 39.7. The fourth-order valence-corrected chi connectivity index (χ4v) is 5.63. The van der Waals surface area contributed by atoms with Crippen LogP contribution >= 0.6 is 0 Å². The molecule has 202 valence electrons. The number of nitrogens with zero attached hydrogens (tertiary/aromatic N) is 2. The van der Waals surface area contributed by atoms with E-state index in [1.54, 1.807) is 44.4 Å². The Labute approximate surface area is 217 Å². The number of carbonyl (C=O) groups is 2. The van der Waals surface area contributed by atoms with E-state index in [1.165, 1.54) is 11.0 Å². The number of piperidine rings is 1. The van der Waals surface area contributed by atoms with Crippen LogP contribution in [0.5, 0.6) is 5.75 Å². The molecular formula is C25H35N5O6S. The molecule has 0 aromatic heterocycles. The first-order valence-electron chi connectivity index (χ1n) is 12.3. The van der Waals surface area contributed by atoms with Crippen molar-refractivity contribution in [3.63, 3.8) is 0 Å². The van der Waals surface area contributed by atoms with Crippen LogP contribution in [0.2, 0.25) is 0 Å². The Morgan fingerprint density at radius 3 is 2.59 bits per heavy atom. The lowest BCUT2D eigenvalue weighted by Gasteiger charge is -2.36. The number of hydrogen-bond donors (Lipinski definition) is 3. The van der Waals surface area contributed by atoms with Gasteiger partial charge in [0.15, 0.2) is 5.96 Å². The minimum absolute atomic E-state index is 0.0211. The lowest BCUT2D eigenvalue weighted by atomic mass is 10.00. The highest BCUT2D eigenvalue weighted by molar-refractivity contribution is 7.89. The number of methoxy groups -OCH3 is 1. The molecule has 37 heavy (non-hydrogen) atoms. The van der Waals surface area contributed by atoms with Gasteiger partial charge in [0.2, 0.25) is 15.9 Å². The number of nitrogens with one attached hydrogen (secondary N) is 1. The average molecular weight is 534 g/mol. The Morgan fingerprint density at radius 1 is 1.16 bits per heavy atom. The predicted octanol–water partition coefficient (Wildman–Crippen LogP) is 1.49. The minimum atomic E-state index is -4.08. The molecule has 2 aromatic carbocycles. The summed E-state index contributed by atoms with van der Waals surface area (Å²) in [5, 5.41) is 1.52. The number of likely N-dealkylation sites (tertiary alicyclic amines) is 1. The molecule has 11 nitrogen and oxygen atoms in total. The van der Waals surface area contributed by atoms with Crippen molar-refractivity contribution < 1.29 is 27.5 Å². The first kappa shape index (κ1) is 28.2. The van der Waals surface area contributed by atoms with E-state index in [9.17, 15) is 18.0 Å². The van der Waals surface area contributed by atoms with Gasteiger partial charge in [0.1, 0.15) is 17.8 Å². The zero-order valence-electron chi connectivity index (χ0n) is 21.2. The smallest absolute Gasteiger partial charge is 0.328 e. The van der Waals surface area contributed by atoms with Gasteiger partial charge in [-0.15, -0.1) is 0 Å². The fraction of sp³-hybridized carbons (Fsp3) is 0.480. The van der Waals surface area contributed by atoms with Crippen molar-refractivity contribution in [3.8, 4) is 5.75 Å². The number of carbonyl (C=O) groups excluding carboxylic acids is 2. The molecule has 1 aliphatic rings. The van der Waals surface area contributed by atoms with Crippen molar-refractivity contribution in [2.45, 2.75) is 56.0 Å². The molecule has 1 aliphatic heterocycles. The second kappa shape index (κ2) is 12.7. The van der Waals surface area contributed by atoms with Gasteiger partial charge in [-0.3, -0.25) is 9.79 Å². The molecule has 1 heterocycles. The quantitative estimate of drug-likeness (QED) is 0.169. The molecule has 1 saturated heterocycles. The van der Waals surface area contributed by atoms with Crippen LogP contribution in [0.1, 0.15) is 39.0 Å². The third-order valence-electron chi connectivity index (χ3n) is 6.21. The van der Waals surface area contributed by atoms with Crippen LogP contribution in [0.25, 0.3) is 10.8 Å². The van der Waals surface area contributed by atoms with Crippen molar-refractivity contribution >= 4 is 38.6 Å². The van der Waals surface area contributed by atoms with Crippen molar-refractivity contribution in [2.75, 3.05) is 26.8 Å². The van der Waals surface area contributed by atoms with Crippen LogP contribution in [-0.4, -0.2) is 70.0 Å². The molecule has 0 radical (unpaired) electrons. The minimum Gasteiger partial charge on any atom is -0.497 e. The monoisotopic (exact) mass is 533 g/mol. The summed E-state index contributed by atoms with van der Waals surface area (Å²) in [6.07, 6.45) is 2.45. The lowest BCUT2D eigenvalue weighted by molar-refractivity contribution is -0.157. The Balaban J connectivity index is 1.87. The summed E-state index contributed by atoms with van der Waals surface area (Å²) in [5.74, 6) is -0.390. The number of sulfonamides is 1. The standard InChI is InChI=1S/C25H35N5O6S/c1-3-36-24(32)22-8-4-5-14-30(22)23(31)21(7-6-13-28-25(26)27)29-37(33,34)20-12-10-17-15-19(35-2)11-9-18(17)16-20/h9-12,15-16,21-22,29H,3-8,13-14H2,1-2H3,(H4,26,27,28)/t21-,22?/m0/s1. The van der Waals surface area contributed by atoms with E-state index in [4.69, 9.17) is 20.9 Å². The molecule has 0 aliphatic carbocycles. The number of fused-ring (bicyclic) bond motifs is 1. The summed E-state index contributed by atoms with van der Waals surface area (Å²) in [6.45, 7) is 2.46. The van der Waals surface area contributed by atoms with Crippen molar-refractivity contribution in [2.24, 2.45) is 16.5 Å². The maximum absolute atomic E-state index is 13.6. The van der Waals surface area contributed by atoms with E-state index in [0.717, 1.165) is 11.8 Å². The Kier molecular flexibility index (Phi) is 9.70. The number of guanidine groups is 1. The molecule has 2 aromatic rings. The molecule has 5 N–H and O–H groups in total. The number of nitrogens with two attached hydrogens (primary N) is 2. The highest BCUT2D eigenvalue weighted by Crippen LogP contribution is 2.25. The largest absolute Gasteiger partial charge is 0.497 e. The van der Waals surface area contributed by atoms with E-state index >= 15 is 0 Å². The molecule has 1 unspecified atom stereocenters. The van der Waals surface area contributed by atoms with Gasteiger partial charge >= 0.3 is 5.97 Å². The second-order valence-corrected chi connectivity index (χ2v) is 10.5. The van der Waals surface area contributed by atoms with Crippen molar-refractivity contribution in [1.29, 1.82) is 0 Å². The van der Waals surface area contributed by atoms with Gasteiger partial charge in [0.05, 0.1) is 18.6 Å². The number of benzene rings is 2. The summed E-state index contributed by atoms with van der Waals surface area (Å²) in [7, 11) is -2.52. The van der Waals surface area contributed by atoms with Crippen LogP contribution in [0.3, 0.4) is 0 Å². The zero-order chi connectivity index (χ0) is 27.0. The normalized spacial score (nSPS) is 16.7. The number of ether oxygens (including phenoxy) is 2. The molecule has 3 rings (SSSR count). The Morgan fingerprint density at radius 2 is 1.89 bits per heavy atom. The zero-order valence-corrected chi connectivity index (χ0v) is 22.0. The molecule has 0 saturated carbocycles. The lowest BCUT2D eigenvalue weighted by Crippen LogP contribution is -2.55. The summed E-state index contributed by atoms with van der Waals surface area (Å²) in [6, 6.07) is 8.16. The second-order valence-electron chi connectivity index (χ2n) is 8.79. The third kappa shape index (κ3) is 7.32. The highest BCUT2D eigenvalue weighted by Gasteiger charge is 2.37. The van der Waals surface area contributed by atoms with E-state index in [2.05, 4.69) is 9.71 Å². The molecule has 0 bridgehead atoms. The first-order chi connectivity index (χ1) is 17.7. The van der Waals surface area contributed by atoms with Gasteiger partial charge < -0.3 is 25.8 Å². The molecule has 2 atom stereocenters. The highest BCUT2D eigenvalue weighted by atomic mass is 32.2. The van der Waals surface area contributed by atoms with Crippen LogP contribution in [-0.2, 0) is 24.3 Å². The Hall–Kier alpha value is -3.38. The number of amides is 1. The first-order valence-corrected chi connectivity index (χ1v) is 13.8. The van der Waals surface area contributed by atoms with Crippen molar-refractivity contribution in [1.82, 2.24) is 9.62 Å². The van der Waals surface area contributed by atoms with Gasteiger partial charge in [-0.2, -0.15) is 4.72 Å². The molecule has 1 amide bonds. The topological polar surface area (TPSA) is 166 Å². The van der Waals surface area contributed by atoms with Crippen LogP contribution in [0.15, 0.2) is 46.3 Å². The van der Waals surface area contributed by atoms with Crippen LogP contribution in [0.4, 0.5) is 0 Å². The SMILES string of the molecule is CCOC(=O)C1CCCCN1C(=O)[C@H](CCCN=C(N)N)NS(=O)(=O)c1ccc2cc(OC)ccc2c1. The van der Waals surface area contributed by atoms with Crippen molar-refractivity contribution in [3.05, 3.63) is 36.4 Å². The molecule has 1 fully saturated rings. The van der Waals surface area contributed by atoms with Gasteiger partial charge in [-0.05, 0) is 74.1 Å². The number of aliphatic imine (C=N–C) groups is 1. The van der Waals surface area contributed by atoms with Crippen LogP contribution < -0.4 is 20.9 Å². The summed E-state index contributed by atoms with van der Waals surface area (Å²) in [5.41, 5.74) is 10.8. The van der Waals surface area contributed by atoms with E-state index in [0.29, 0.717) is 36.9 Å². The molecule has 0 spiro atoms. The van der Waals surface area contributed by atoms with Gasteiger partial charge in [-0.1, -0.05) is 12.1 Å². The van der Waals surface area contributed by atoms with E-state index in [-0.39, 0.29) is 30.4 Å². The third-order valence-corrected chi connectivity index (χ3v) is 7.68. The maximum atomic E-state index is 13.6. The maximum Gasteiger partial charge on any atom is 0.328 e. The number of hydrogen-bond acceptors (Lipinski definition) is 7. The number of esters is 1.